The molecule has 1 fully saturated rings. The number of amides is 1. The van der Waals surface area contributed by atoms with Crippen molar-refractivity contribution < 1.29 is 23.1 Å². The highest BCUT2D eigenvalue weighted by atomic mass is 31.2. The Morgan fingerprint density at radius 3 is 2.44 bits per heavy atom. The summed E-state index contributed by atoms with van der Waals surface area (Å²) < 4.78 is 28.0. The van der Waals surface area contributed by atoms with Gasteiger partial charge in [-0.1, -0.05) is 5.57 Å². The lowest BCUT2D eigenvalue weighted by atomic mass is 10.4. The van der Waals surface area contributed by atoms with Gasteiger partial charge in [0.1, 0.15) is 6.61 Å². The van der Waals surface area contributed by atoms with E-state index in [1.54, 1.807) is 20.0 Å². The van der Waals surface area contributed by atoms with Gasteiger partial charge in [0.05, 0.1) is 13.2 Å². The summed E-state index contributed by atoms with van der Waals surface area (Å²) in [6, 6.07) is 0. The molecule has 1 unspecified atom stereocenters. The smallest absolute Gasteiger partial charge is 0.414 e. The molecule has 1 heterocycles. The fourth-order valence-corrected chi connectivity index (χ4v) is 3.51. The molecule has 1 amide bonds. The van der Waals surface area contributed by atoms with Crippen LogP contribution in [0, 0.1) is 0 Å². The number of carbonyl (C=O) groups excluding carboxylic acids is 1. The predicted molar refractivity (Wildman–Crippen MR) is 67.3 cm³/mol. The molecule has 7 heteroatoms. The fourth-order valence-electron chi connectivity index (χ4n) is 1.65. The summed E-state index contributed by atoms with van der Waals surface area (Å²) in [5.41, 5.74) is 0.901. The van der Waals surface area contributed by atoms with Gasteiger partial charge in [-0.15, -0.1) is 0 Å². The van der Waals surface area contributed by atoms with E-state index < -0.39 is 19.5 Å². The zero-order valence-corrected chi connectivity index (χ0v) is 12.1. The molecule has 0 saturated carbocycles. The molecule has 1 saturated heterocycles. The van der Waals surface area contributed by atoms with E-state index in [4.69, 9.17) is 13.8 Å². The van der Waals surface area contributed by atoms with Gasteiger partial charge in [-0.2, -0.15) is 0 Å². The number of rotatable bonds is 6. The van der Waals surface area contributed by atoms with E-state index in [2.05, 4.69) is 0 Å². The van der Waals surface area contributed by atoms with Crippen LogP contribution in [0.4, 0.5) is 4.79 Å². The van der Waals surface area contributed by atoms with Crippen LogP contribution in [-0.4, -0.2) is 36.6 Å². The maximum atomic E-state index is 12.6. The summed E-state index contributed by atoms with van der Waals surface area (Å²) in [4.78, 5) is 12.9. The van der Waals surface area contributed by atoms with Crippen LogP contribution in [0.15, 0.2) is 11.8 Å². The third-order valence-corrected chi connectivity index (χ3v) is 4.63. The Bertz CT molecular complexity index is 368. The van der Waals surface area contributed by atoms with Crippen molar-refractivity contribution in [2.75, 3.05) is 19.8 Å². The summed E-state index contributed by atoms with van der Waals surface area (Å²) in [6.45, 7) is 7.67. The molecule has 0 aromatic rings. The summed E-state index contributed by atoms with van der Waals surface area (Å²) >= 11 is 0. The summed E-state index contributed by atoms with van der Waals surface area (Å²) in [5, 5.41) is 0. The first kappa shape index (κ1) is 15.2. The lowest BCUT2D eigenvalue weighted by Crippen LogP contribution is -2.30. The highest BCUT2D eigenvalue weighted by molar-refractivity contribution is 7.54. The van der Waals surface area contributed by atoms with Crippen molar-refractivity contribution in [2.24, 2.45) is 0 Å². The Hall–Kier alpha value is -0.840. The van der Waals surface area contributed by atoms with Gasteiger partial charge in [0.2, 0.25) is 0 Å². The highest BCUT2D eigenvalue weighted by Crippen LogP contribution is 2.55. The molecule has 0 aliphatic carbocycles. The highest BCUT2D eigenvalue weighted by Gasteiger charge is 2.47. The Labute approximate surface area is 107 Å². The topological polar surface area (TPSA) is 65.1 Å². The minimum absolute atomic E-state index is 0.0138. The van der Waals surface area contributed by atoms with Crippen molar-refractivity contribution in [2.45, 2.75) is 33.5 Å². The zero-order chi connectivity index (χ0) is 13.8. The minimum atomic E-state index is -3.38. The molecule has 0 N–H and O–H groups in total. The van der Waals surface area contributed by atoms with Crippen molar-refractivity contribution in [3.05, 3.63) is 11.8 Å². The number of cyclic esters (lactones) is 1. The quantitative estimate of drug-likeness (QED) is 0.698. The third kappa shape index (κ3) is 3.34. The number of nitrogens with zero attached hydrogens (tertiary/aromatic N) is 1. The van der Waals surface area contributed by atoms with E-state index in [9.17, 15) is 9.36 Å². The van der Waals surface area contributed by atoms with Crippen LogP contribution in [-0.2, 0) is 18.3 Å². The van der Waals surface area contributed by atoms with Crippen molar-refractivity contribution in [1.82, 2.24) is 4.90 Å². The summed E-state index contributed by atoms with van der Waals surface area (Å²) in [6.07, 6.45) is 1.07. The van der Waals surface area contributed by atoms with Gasteiger partial charge in [0, 0.05) is 6.20 Å². The molecule has 1 rings (SSSR count). The first-order chi connectivity index (χ1) is 8.44. The van der Waals surface area contributed by atoms with Gasteiger partial charge in [0.25, 0.3) is 0 Å². The van der Waals surface area contributed by atoms with Gasteiger partial charge in [0.15, 0.2) is 5.78 Å². The van der Waals surface area contributed by atoms with Crippen molar-refractivity contribution in [1.29, 1.82) is 0 Å². The van der Waals surface area contributed by atoms with Crippen LogP contribution < -0.4 is 0 Å². The largest absolute Gasteiger partial charge is 0.446 e. The van der Waals surface area contributed by atoms with Gasteiger partial charge >= 0.3 is 13.7 Å². The molecule has 104 valence electrons. The maximum absolute atomic E-state index is 12.6. The number of ether oxygens (including phenoxy) is 1. The van der Waals surface area contributed by atoms with Crippen molar-refractivity contribution in [3.8, 4) is 0 Å². The Kier molecular flexibility index (Phi) is 5.38. The molecule has 0 aromatic carbocycles. The Balaban J connectivity index is 3.00. The second-order valence-electron chi connectivity index (χ2n) is 4.05. The second-order valence-corrected chi connectivity index (χ2v) is 6.24. The molecule has 0 aromatic heterocycles. The number of allylic oxidation sites excluding steroid dienone is 1. The van der Waals surface area contributed by atoms with Crippen molar-refractivity contribution in [3.63, 3.8) is 0 Å². The van der Waals surface area contributed by atoms with Crippen LogP contribution in [0.2, 0.25) is 0 Å². The van der Waals surface area contributed by atoms with Crippen LogP contribution >= 0.6 is 7.60 Å². The number of carbonyl (C=O) groups is 1. The number of hydrogen-bond donors (Lipinski definition) is 0. The molecular weight excluding hydrogens is 257 g/mol. The number of hydrogen-bond acceptors (Lipinski definition) is 5. The molecule has 18 heavy (non-hydrogen) atoms. The Morgan fingerprint density at radius 2 is 2.00 bits per heavy atom. The summed E-state index contributed by atoms with van der Waals surface area (Å²) in [7, 11) is -3.38. The van der Waals surface area contributed by atoms with Crippen LogP contribution in [0.1, 0.15) is 27.7 Å². The van der Waals surface area contributed by atoms with E-state index in [0.717, 1.165) is 5.57 Å². The van der Waals surface area contributed by atoms with E-state index in [1.807, 2.05) is 13.8 Å². The van der Waals surface area contributed by atoms with Crippen LogP contribution in [0.25, 0.3) is 0 Å². The SMILES string of the molecule is CCOP(=O)(OCC)C1COC(=O)N1C=C(C)C. The van der Waals surface area contributed by atoms with E-state index in [1.165, 1.54) is 4.90 Å². The average molecular weight is 277 g/mol. The average Bonchev–Trinajstić information content (AvgIpc) is 2.61. The van der Waals surface area contributed by atoms with Gasteiger partial charge < -0.3 is 13.8 Å². The fraction of sp³-hybridized carbons (Fsp3) is 0.727. The minimum Gasteiger partial charge on any atom is -0.446 e. The van der Waals surface area contributed by atoms with E-state index >= 15 is 0 Å². The molecule has 1 aliphatic heterocycles. The molecule has 0 spiro atoms. The van der Waals surface area contributed by atoms with Crippen LogP contribution in [0.3, 0.4) is 0 Å². The van der Waals surface area contributed by atoms with E-state index in [-0.39, 0.29) is 19.8 Å². The van der Waals surface area contributed by atoms with Gasteiger partial charge in [-0.25, -0.2) is 4.79 Å². The molecule has 0 bridgehead atoms. The lowest BCUT2D eigenvalue weighted by Gasteiger charge is -2.26. The van der Waals surface area contributed by atoms with Crippen LogP contribution in [0.5, 0.6) is 0 Å². The molecule has 0 radical (unpaired) electrons. The third-order valence-electron chi connectivity index (χ3n) is 2.27. The molecule has 1 aliphatic rings. The second kappa shape index (κ2) is 6.36. The monoisotopic (exact) mass is 277 g/mol. The molecule has 6 nitrogen and oxygen atoms in total. The first-order valence-corrected chi connectivity index (χ1v) is 7.54. The predicted octanol–water partition coefficient (Wildman–Crippen LogP) is 2.95. The van der Waals surface area contributed by atoms with Gasteiger partial charge in [-0.3, -0.25) is 9.46 Å². The summed E-state index contributed by atoms with van der Waals surface area (Å²) in [5.74, 6) is -0.709. The molecular formula is C11H20NO5P. The van der Waals surface area contributed by atoms with Gasteiger partial charge in [-0.05, 0) is 27.7 Å². The maximum Gasteiger partial charge on any atom is 0.414 e. The molecule has 1 atom stereocenters. The van der Waals surface area contributed by atoms with E-state index in [0.29, 0.717) is 0 Å². The lowest BCUT2D eigenvalue weighted by molar-refractivity contribution is 0.166. The normalized spacial score (nSPS) is 19.9. The Morgan fingerprint density at radius 1 is 1.44 bits per heavy atom. The standard InChI is InChI=1S/C11H20NO5P/c1-5-16-18(14,17-6-2)10-8-15-11(13)12(10)7-9(3)4/h7,10H,5-6,8H2,1-4H3. The first-order valence-electron chi connectivity index (χ1n) is 5.93. The zero-order valence-electron chi connectivity index (χ0n) is 11.2. The van der Waals surface area contributed by atoms with Crippen molar-refractivity contribution >= 4 is 13.7 Å².